The first-order valence-corrected chi connectivity index (χ1v) is 5.11. The van der Waals surface area contributed by atoms with E-state index in [1.165, 1.54) is 17.1 Å². The fourth-order valence-corrected chi connectivity index (χ4v) is 1.92. The van der Waals surface area contributed by atoms with E-state index in [2.05, 4.69) is 6.92 Å². The molecule has 0 aliphatic carbocycles. The first kappa shape index (κ1) is 11.0. The van der Waals surface area contributed by atoms with E-state index in [4.69, 9.17) is 0 Å². The van der Waals surface area contributed by atoms with Crippen molar-refractivity contribution in [2.75, 3.05) is 0 Å². The van der Waals surface area contributed by atoms with Crippen LogP contribution in [-0.2, 0) is 9.59 Å². The third-order valence-corrected chi connectivity index (χ3v) is 2.90. The molecule has 0 saturated carbocycles. The molecule has 1 aliphatic rings. The monoisotopic (exact) mass is 195 g/mol. The number of imide groups is 1. The van der Waals surface area contributed by atoms with Gasteiger partial charge < -0.3 is 0 Å². The summed E-state index contributed by atoms with van der Waals surface area (Å²) in [6.07, 6.45) is 5.35. The molecule has 0 spiro atoms. The lowest BCUT2D eigenvalue weighted by atomic mass is 9.91. The lowest BCUT2D eigenvalue weighted by Crippen LogP contribution is -2.49. The average molecular weight is 195 g/mol. The minimum atomic E-state index is -0.313. The predicted octanol–water partition coefficient (Wildman–Crippen LogP) is 1.88. The zero-order valence-electron chi connectivity index (χ0n) is 9.04. The van der Waals surface area contributed by atoms with E-state index in [9.17, 15) is 9.59 Å². The summed E-state index contributed by atoms with van der Waals surface area (Å²) in [6.45, 7) is 6.04. The Morgan fingerprint density at radius 2 is 1.71 bits per heavy atom. The van der Waals surface area contributed by atoms with Crippen LogP contribution in [0.15, 0.2) is 12.2 Å². The van der Waals surface area contributed by atoms with Crippen LogP contribution >= 0.6 is 0 Å². The van der Waals surface area contributed by atoms with Gasteiger partial charge in [-0.3, -0.25) is 14.5 Å². The van der Waals surface area contributed by atoms with E-state index in [0.29, 0.717) is 0 Å². The Labute approximate surface area is 84.8 Å². The molecule has 3 nitrogen and oxygen atoms in total. The van der Waals surface area contributed by atoms with Crippen molar-refractivity contribution in [1.82, 2.24) is 4.90 Å². The largest absolute Gasteiger partial charge is 0.269 e. The van der Waals surface area contributed by atoms with Crippen molar-refractivity contribution < 1.29 is 9.59 Å². The van der Waals surface area contributed by atoms with Crippen LogP contribution in [0, 0.1) is 0 Å². The molecular formula is C11H17NO2. The molecule has 0 aromatic carbocycles. The highest BCUT2D eigenvalue weighted by Gasteiger charge is 2.38. The molecular weight excluding hydrogens is 178 g/mol. The van der Waals surface area contributed by atoms with Gasteiger partial charge in [-0.1, -0.05) is 20.3 Å². The van der Waals surface area contributed by atoms with Crippen molar-refractivity contribution in [3.63, 3.8) is 0 Å². The molecule has 1 unspecified atom stereocenters. The maximum Gasteiger partial charge on any atom is 0.254 e. The molecule has 0 aromatic heterocycles. The molecule has 0 bridgehead atoms. The molecule has 3 heteroatoms. The minimum Gasteiger partial charge on any atom is -0.269 e. The van der Waals surface area contributed by atoms with Crippen LogP contribution < -0.4 is 0 Å². The topological polar surface area (TPSA) is 37.4 Å². The number of hydrogen-bond donors (Lipinski definition) is 0. The van der Waals surface area contributed by atoms with Crippen LogP contribution in [0.5, 0.6) is 0 Å². The lowest BCUT2D eigenvalue weighted by Gasteiger charge is -2.36. The van der Waals surface area contributed by atoms with Gasteiger partial charge in [0.15, 0.2) is 0 Å². The highest BCUT2D eigenvalue weighted by molar-refractivity contribution is 6.13. The molecule has 78 valence electrons. The molecule has 0 radical (unpaired) electrons. The summed E-state index contributed by atoms with van der Waals surface area (Å²) >= 11 is 0. The Balaban J connectivity index is 2.89. The second-order valence-electron chi connectivity index (χ2n) is 3.95. The first-order valence-electron chi connectivity index (χ1n) is 5.11. The van der Waals surface area contributed by atoms with Gasteiger partial charge in [-0.2, -0.15) is 0 Å². The predicted molar refractivity (Wildman–Crippen MR) is 54.6 cm³/mol. The summed E-state index contributed by atoms with van der Waals surface area (Å²) in [5.41, 5.74) is -0.313. The van der Waals surface area contributed by atoms with E-state index in [-0.39, 0.29) is 17.4 Å². The van der Waals surface area contributed by atoms with E-state index in [0.717, 1.165) is 19.3 Å². The van der Waals surface area contributed by atoms with Crippen molar-refractivity contribution in [3.8, 4) is 0 Å². The van der Waals surface area contributed by atoms with Crippen LogP contribution in [0.4, 0.5) is 0 Å². The van der Waals surface area contributed by atoms with Crippen molar-refractivity contribution in [1.29, 1.82) is 0 Å². The summed E-state index contributed by atoms with van der Waals surface area (Å²) < 4.78 is 0. The van der Waals surface area contributed by atoms with Crippen molar-refractivity contribution in [2.24, 2.45) is 0 Å². The van der Waals surface area contributed by atoms with E-state index in [1.807, 2.05) is 13.8 Å². The molecule has 0 fully saturated rings. The molecule has 1 rings (SSSR count). The SMILES string of the molecule is CCCC(C)(CC)N1C(=O)C=CC1=O. The number of carbonyl (C=O) groups is 2. The minimum absolute atomic E-state index is 0.173. The van der Waals surface area contributed by atoms with Crippen LogP contribution in [0.25, 0.3) is 0 Å². The summed E-state index contributed by atoms with van der Waals surface area (Å²) in [4.78, 5) is 24.4. The fourth-order valence-electron chi connectivity index (χ4n) is 1.92. The second-order valence-corrected chi connectivity index (χ2v) is 3.95. The number of nitrogens with zero attached hydrogens (tertiary/aromatic N) is 1. The second kappa shape index (κ2) is 3.95. The average Bonchev–Trinajstić information content (AvgIpc) is 2.47. The van der Waals surface area contributed by atoms with Gasteiger partial charge in [0.05, 0.1) is 0 Å². The maximum atomic E-state index is 11.5. The van der Waals surface area contributed by atoms with Gasteiger partial charge in [-0.05, 0) is 19.8 Å². The molecule has 1 heterocycles. The molecule has 1 aliphatic heterocycles. The van der Waals surface area contributed by atoms with Crippen LogP contribution in [-0.4, -0.2) is 22.3 Å². The van der Waals surface area contributed by atoms with E-state index < -0.39 is 0 Å². The van der Waals surface area contributed by atoms with Crippen molar-refractivity contribution >= 4 is 11.8 Å². The molecule has 0 aromatic rings. The molecule has 1 atom stereocenters. The Kier molecular flexibility index (Phi) is 3.09. The zero-order chi connectivity index (χ0) is 10.8. The molecule has 2 amide bonds. The Hall–Kier alpha value is -1.12. The highest BCUT2D eigenvalue weighted by Crippen LogP contribution is 2.27. The normalized spacial score (nSPS) is 20.4. The third-order valence-electron chi connectivity index (χ3n) is 2.90. The van der Waals surface area contributed by atoms with Gasteiger partial charge in [0, 0.05) is 17.7 Å². The van der Waals surface area contributed by atoms with Gasteiger partial charge in [-0.25, -0.2) is 0 Å². The van der Waals surface area contributed by atoms with Crippen molar-refractivity contribution in [2.45, 2.75) is 45.6 Å². The highest BCUT2D eigenvalue weighted by atomic mass is 16.2. The molecule has 0 saturated heterocycles. The summed E-state index contributed by atoms with van der Waals surface area (Å²) in [5.74, 6) is -0.347. The summed E-state index contributed by atoms with van der Waals surface area (Å²) in [7, 11) is 0. The Morgan fingerprint density at radius 3 is 2.07 bits per heavy atom. The first-order chi connectivity index (χ1) is 6.55. The number of hydrogen-bond acceptors (Lipinski definition) is 2. The number of rotatable bonds is 4. The number of amides is 2. The smallest absolute Gasteiger partial charge is 0.254 e. The van der Waals surface area contributed by atoms with Crippen LogP contribution in [0.1, 0.15) is 40.0 Å². The molecule has 14 heavy (non-hydrogen) atoms. The van der Waals surface area contributed by atoms with Gasteiger partial charge in [0.25, 0.3) is 11.8 Å². The molecule has 0 N–H and O–H groups in total. The third kappa shape index (κ3) is 1.72. The lowest BCUT2D eigenvalue weighted by molar-refractivity contribution is -0.143. The summed E-state index contributed by atoms with van der Waals surface area (Å²) in [5, 5.41) is 0. The van der Waals surface area contributed by atoms with Gasteiger partial charge in [-0.15, -0.1) is 0 Å². The van der Waals surface area contributed by atoms with Crippen molar-refractivity contribution in [3.05, 3.63) is 12.2 Å². The standard InChI is InChI=1S/C11H17NO2/c1-4-8-11(3,5-2)12-9(13)6-7-10(12)14/h6-7H,4-5,8H2,1-3H3. The van der Waals surface area contributed by atoms with Crippen LogP contribution in [0.2, 0.25) is 0 Å². The Morgan fingerprint density at radius 1 is 1.21 bits per heavy atom. The van der Waals surface area contributed by atoms with Gasteiger partial charge >= 0.3 is 0 Å². The zero-order valence-corrected chi connectivity index (χ0v) is 9.04. The van der Waals surface area contributed by atoms with Crippen LogP contribution in [0.3, 0.4) is 0 Å². The van der Waals surface area contributed by atoms with E-state index >= 15 is 0 Å². The maximum absolute atomic E-state index is 11.5. The summed E-state index contributed by atoms with van der Waals surface area (Å²) in [6, 6.07) is 0. The Bertz CT molecular complexity index is 265. The number of carbonyl (C=O) groups excluding carboxylic acids is 2. The fraction of sp³-hybridized carbons (Fsp3) is 0.636. The van der Waals surface area contributed by atoms with Gasteiger partial charge in [0.2, 0.25) is 0 Å². The quantitative estimate of drug-likeness (QED) is 0.642. The van der Waals surface area contributed by atoms with Gasteiger partial charge in [0.1, 0.15) is 0 Å². The van der Waals surface area contributed by atoms with E-state index in [1.54, 1.807) is 0 Å².